The van der Waals surface area contributed by atoms with Crippen molar-refractivity contribution < 1.29 is 0 Å². The molecule has 0 spiro atoms. The SMILES string of the molecule is CN(CCCC(C)(C)C(N)=S)Cc1ccccn1. The van der Waals surface area contributed by atoms with Gasteiger partial charge in [-0.05, 0) is 38.6 Å². The van der Waals surface area contributed by atoms with Gasteiger partial charge >= 0.3 is 0 Å². The molecule has 3 nitrogen and oxygen atoms in total. The second-order valence-electron chi connectivity index (χ2n) is 5.41. The van der Waals surface area contributed by atoms with Gasteiger partial charge in [0.15, 0.2) is 0 Å². The zero-order valence-electron chi connectivity index (χ0n) is 11.5. The number of hydrogen-bond acceptors (Lipinski definition) is 3. The van der Waals surface area contributed by atoms with Gasteiger partial charge in [-0.3, -0.25) is 4.98 Å². The fourth-order valence-electron chi connectivity index (χ4n) is 1.76. The normalized spacial score (nSPS) is 11.8. The van der Waals surface area contributed by atoms with Crippen molar-refractivity contribution in [3.8, 4) is 0 Å². The molecular formula is C14H23N3S. The Labute approximate surface area is 115 Å². The number of thiocarbonyl (C=S) groups is 1. The molecule has 0 aromatic carbocycles. The predicted octanol–water partition coefficient (Wildman–Crippen LogP) is 2.61. The molecule has 0 aliphatic carbocycles. The van der Waals surface area contributed by atoms with Gasteiger partial charge in [-0.1, -0.05) is 32.1 Å². The summed E-state index contributed by atoms with van der Waals surface area (Å²) in [5.74, 6) is 0. The molecule has 0 amide bonds. The first-order valence-electron chi connectivity index (χ1n) is 6.30. The zero-order valence-corrected chi connectivity index (χ0v) is 12.3. The van der Waals surface area contributed by atoms with Gasteiger partial charge in [-0.2, -0.15) is 0 Å². The summed E-state index contributed by atoms with van der Waals surface area (Å²) in [6, 6.07) is 6.01. The zero-order chi connectivity index (χ0) is 13.6. The standard InChI is InChI=1S/C14H23N3S/c1-14(2,13(15)18)8-6-10-17(3)11-12-7-4-5-9-16-12/h4-5,7,9H,6,8,10-11H2,1-3H3,(H2,15,18). The van der Waals surface area contributed by atoms with Crippen LogP contribution < -0.4 is 5.73 Å². The summed E-state index contributed by atoms with van der Waals surface area (Å²) in [4.78, 5) is 7.20. The van der Waals surface area contributed by atoms with E-state index < -0.39 is 0 Å². The maximum Gasteiger partial charge on any atom is 0.0784 e. The topological polar surface area (TPSA) is 42.1 Å². The lowest BCUT2D eigenvalue weighted by atomic mass is 9.88. The molecule has 1 heterocycles. The monoisotopic (exact) mass is 265 g/mol. The third-order valence-electron chi connectivity index (χ3n) is 3.17. The molecule has 0 aliphatic heterocycles. The molecule has 18 heavy (non-hydrogen) atoms. The van der Waals surface area contributed by atoms with Crippen LogP contribution in [0.3, 0.4) is 0 Å². The smallest absolute Gasteiger partial charge is 0.0784 e. The predicted molar refractivity (Wildman–Crippen MR) is 80.4 cm³/mol. The Bertz CT molecular complexity index is 376. The number of nitrogens with zero attached hydrogens (tertiary/aromatic N) is 2. The van der Waals surface area contributed by atoms with Crippen molar-refractivity contribution in [2.45, 2.75) is 33.2 Å². The third-order valence-corrected chi connectivity index (χ3v) is 3.72. The van der Waals surface area contributed by atoms with Crippen LogP contribution in [-0.2, 0) is 6.54 Å². The van der Waals surface area contributed by atoms with Gasteiger partial charge in [-0.25, -0.2) is 0 Å². The molecule has 0 radical (unpaired) electrons. The Hall–Kier alpha value is -1.00. The van der Waals surface area contributed by atoms with Gasteiger partial charge < -0.3 is 10.6 Å². The van der Waals surface area contributed by atoms with E-state index in [1.807, 2.05) is 18.3 Å². The van der Waals surface area contributed by atoms with Crippen molar-refractivity contribution in [3.05, 3.63) is 30.1 Å². The van der Waals surface area contributed by atoms with E-state index in [0.29, 0.717) is 4.99 Å². The Kier molecular flexibility index (Phi) is 5.69. The van der Waals surface area contributed by atoms with Crippen LogP contribution in [0, 0.1) is 5.41 Å². The quantitative estimate of drug-likeness (QED) is 0.770. The van der Waals surface area contributed by atoms with Gasteiger partial charge in [-0.15, -0.1) is 0 Å². The fraction of sp³-hybridized carbons (Fsp3) is 0.571. The van der Waals surface area contributed by atoms with Crippen LogP contribution in [0.2, 0.25) is 0 Å². The lowest BCUT2D eigenvalue weighted by Crippen LogP contribution is -2.31. The molecule has 0 fully saturated rings. The highest BCUT2D eigenvalue weighted by molar-refractivity contribution is 7.80. The fourth-order valence-corrected chi connectivity index (χ4v) is 1.86. The third kappa shape index (κ3) is 5.10. The van der Waals surface area contributed by atoms with Crippen molar-refractivity contribution in [2.24, 2.45) is 11.1 Å². The van der Waals surface area contributed by atoms with Gasteiger partial charge in [0, 0.05) is 18.2 Å². The maximum atomic E-state index is 5.72. The molecule has 100 valence electrons. The van der Waals surface area contributed by atoms with Crippen LogP contribution in [-0.4, -0.2) is 28.5 Å². The summed E-state index contributed by atoms with van der Waals surface area (Å²) in [5, 5.41) is 0. The number of hydrogen-bond donors (Lipinski definition) is 1. The van der Waals surface area contributed by atoms with Crippen LogP contribution in [0.15, 0.2) is 24.4 Å². The highest BCUT2D eigenvalue weighted by Crippen LogP contribution is 2.22. The van der Waals surface area contributed by atoms with Crippen molar-refractivity contribution in [2.75, 3.05) is 13.6 Å². The Balaban J connectivity index is 2.30. The van der Waals surface area contributed by atoms with E-state index in [2.05, 4.69) is 36.8 Å². The van der Waals surface area contributed by atoms with Gasteiger partial charge in [0.2, 0.25) is 0 Å². The molecular weight excluding hydrogens is 242 g/mol. The molecule has 0 saturated carbocycles. The first kappa shape index (κ1) is 15.1. The number of aromatic nitrogens is 1. The van der Waals surface area contributed by atoms with Crippen molar-refractivity contribution in [1.29, 1.82) is 0 Å². The van der Waals surface area contributed by atoms with Crippen LogP contribution in [0.5, 0.6) is 0 Å². The van der Waals surface area contributed by atoms with E-state index in [-0.39, 0.29) is 5.41 Å². The summed E-state index contributed by atoms with van der Waals surface area (Å²) >= 11 is 5.07. The number of pyridine rings is 1. The molecule has 0 unspecified atom stereocenters. The lowest BCUT2D eigenvalue weighted by Gasteiger charge is -2.24. The summed E-state index contributed by atoms with van der Waals surface area (Å²) < 4.78 is 0. The van der Waals surface area contributed by atoms with Crippen LogP contribution >= 0.6 is 12.2 Å². The summed E-state index contributed by atoms with van der Waals surface area (Å²) in [6.45, 7) is 6.12. The van der Waals surface area contributed by atoms with Gasteiger partial charge in [0.05, 0.1) is 10.7 Å². The number of nitrogens with two attached hydrogens (primary N) is 1. The summed E-state index contributed by atoms with van der Waals surface area (Å²) in [5.41, 5.74) is 6.78. The average molecular weight is 265 g/mol. The molecule has 0 atom stereocenters. The molecule has 2 N–H and O–H groups in total. The second-order valence-corrected chi connectivity index (χ2v) is 5.85. The summed E-state index contributed by atoms with van der Waals surface area (Å²) in [7, 11) is 2.11. The lowest BCUT2D eigenvalue weighted by molar-refractivity contribution is 0.298. The van der Waals surface area contributed by atoms with Crippen molar-refractivity contribution >= 4 is 17.2 Å². The Morgan fingerprint density at radius 2 is 2.17 bits per heavy atom. The van der Waals surface area contributed by atoms with Crippen molar-refractivity contribution in [3.63, 3.8) is 0 Å². The highest BCUT2D eigenvalue weighted by atomic mass is 32.1. The average Bonchev–Trinajstić information content (AvgIpc) is 2.29. The van der Waals surface area contributed by atoms with Crippen LogP contribution in [0.4, 0.5) is 0 Å². The minimum atomic E-state index is -0.0405. The summed E-state index contributed by atoms with van der Waals surface area (Å²) in [6.07, 6.45) is 3.95. The van der Waals surface area contributed by atoms with Gasteiger partial charge in [0.1, 0.15) is 0 Å². The van der Waals surface area contributed by atoms with E-state index in [0.717, 1.165) is 31.6 Å². The molecule has 0 bridgehead atoms. The first-order valence-corrected chi connectivity index (χ1v) is 6.71. The van der Waals surface area contributed by atoms with E-state index in [4.69, 9.17) is 18.0 Å². The molecule has 0 aliphatic rings. The molecule has 4 heteroatoms. The number of rotatable bonds is 7. The maximum absolute atomic E-state index is 5.72. The van der Waals surface area contributed by atoms with Crippen molar-refractivity contribution in [1.82, 2.24) is 9.88 Å². The Morgan fingerprint density at radius 3 is 2.72 bits per heavy atom. The van der Waals surface area contributed by atoms with E-state index in [1.165, 1.54) is 0 Å². The van der Waals surface area contributed by atoms with E-state index in [1.54, 1.807) is 0 Å². The van der Waals surface area contributed by atoms with Crippen LogP contribution in [0.25, 0.3) is 0 Å². The minimum absolute atomic E-state index is 0.0405. The molecule has 1 rings (SSSR count). The van der Waals surface area contributed by atoms with Gasteiger partial charge in [0.25, 0.3) is 0 Å². The molecule has 1 aromatic rings. The van der Waals surface area contributed by atoms with E-state index in [9.17, 15) is 0 Å². The first-order chi connectivity index (χ1) is 8.42. The molecule has 1 aromatic heterocycles. The largest absolute Gasteiger partial charge is 0.393 e. The minimum Gasteiger partial charge on any atom is -0.393 e. The highest BCUT2D eigenvalue weighted by Gasteiger charge is 2.20. The van der Waals surface area contributed by atoms with Crippen LogP contribution in [0.1, 0.15) is 32.4 Å². The molecule has 0 saturated heterocycles. The second kappa shape index (κ2) is 6.81. The Morgan fingerprint density at radius 1 is 1.44 bits per heavy atom. The van der Waals surface area contributed by atoms with E-state index >= 15 is 0 Å².